The third kappa shape index (κ3) is 3.96. The Morgan fingerprint density at radius 1 is 1.27 bits per heavy atom. The van der Waals surface area contributed by atoms with Crippen molar-refractivity contribution >= 4 is 12.6 Å². The Hall–Kier alpha value is 0.230. The van der Waals surface area contributed by atoms with E-state index in [1.54, 1.807) is 0 Å². The van der Waals surface area contributed by atoms with Gasteiger partial charge in [0.15, 0.2) is 0 Å². The van der Waals surface area contributed by atoms with Gasteiger partial charge in [-0.05, 0) is 0 Å². The molecule has 0 amide bonds. The summed E-state index contributed by atoms with van der Waals surface area (Å²) in [6.07, 6.45) is 0.314. The van der Waals surface area contributed by atoms with Crippen LogP contribution in [-0.4, -0.2) is 44.9 Å². The van der Waals surface area contributed by atoms with Gasteiger partial charge in [-0.15, -0.1) is 0 Å². The monoisotopic (exact) mass is 178 g/mol. The van der Waals surface area contributed by atoms with Gasteiger partial charge in [0.2, 0.25) is 0 Å². The van der Waals surface area contributed by atoms with E-state index in [2.05, 4.69) is 12.6 Å². The second-order valence-electron chi connectivity index (χ2n) is 2.37. The number of hydrogen-bond acceptors (Lipinski definition) is 4. The summed E-state index contributed by atoms with van der Waals surface area (Å²) in [5, 5.41) is 0. The Kier molecular flexibility index (Phi) is 4.94. The Balaban J connectivity index is 1.73. The molecule has 11 heavy (non-hydrogen) atoms. The molecular formula is C7H14O3S. The van der Waals surface area contributed by atoms with E-state index in [1.807, 2.05) is 0 Å². The van der Waals surface area contributed by atoms with Crippen LogP contribution < -0.4 is 0 Å². The third-order valence-corrected chi connectivity index (χ3v) is 1.61. The predicted octanol–water partition coefficient (Wildman–Crippen LogP) is 0.348. The summed E-state index contributed by atoms with van der Waals surface area (Å²) in [7, 11) is 0. The summed E-state index contributed by atoms with van der Waals surface area (Å²) in [5.41, 5.74) is 0. The fraction of sp³-hybridized carbons (Fsp3) is 1.00. The summed E-state index contributed by atoms with van der Waals surface area (Å²) in [4.78, 5) is 0. The lowest BCUT2D eigenvalue weighted by Crippen LogP contribution is -2.36. The molecule has 0 aliphatic carbocycles. The van der Waals surface area contributed by atoms with E-state index in [1.165, 1.54) is 0 Å². The molecule has 0 aromatic rings. The second-order valence-corrected chi connectivity index (χ2v) is 2.81. The maximum absolute atomic E-state index is 5.35. The maximum atomic E-state index is 5.35. The van der Waals surface area contributed by atoms with Crippen LogP contribution in [0.4, 0.5) is 0 Å². The molecule has 3 nitrogen and oxygen atoms in total. The lowest BCUT2D eigenvalue weighted by Gasteiger charge is -2.25. The number of thiol groups is 1. The molecule has 0 radical (unpaired) electrons. The van der Waals surface area contributed by atoms with Gasteiger partial charge >= 0.3 is 0 Å². The quantitative estimate of drug-likeness (QED) is 0.470. The van der Waals surface area contributed by atoms with Gasteiger partial charge in [-0.25, -0.2) is 0 Å². The minimum atomic E-state index is 0.314. The number of ether oxygens (including phenoxy) is 3. The van der Waals surface area contributed by atoms with Crippen LogP contribution in [-0.2, 0) is 14.2 Å². The molecule has 0 N–H and O–H groups in total. The predicted molar refractivity (Wildman–Crippen MR) is 45.2 cm³/mol. The maximum Gasteiger partial charge on any atom is 0.104 e. The van der Waals surface area contributed by atoms with Crippen molar-refractivity contribution in [1.29, 1.82) is 0 Å². The van der Waals surface area contributed by atoms with Crippen molar-refractivity contribution < 1.29 is 14.2 Å². The van der Waals surface area contributed by atoms with E-state index in [0.29, 0.717) is 25.9 Å². The fourth-order valence-corrected chi connectivity index (χ4v) is 0.880. The van der Waals surface area contributed by atoms with Crippen LogP contribution >= 0.6 is 12.6 Å². The van der Waals surface area contributed by atoms with Crippen LogP contribution in [0.1, 0.15) is 0 Å². The molecule has 66 valence electrons. The van der Waals surface area contributed by atoms with E-state index in [0.717, 1.165) is 19.0 Å². The smallest absolute Gasteiger partial charge is 0.104 e. The van der Waals surface area contributed by atoms with Crippen molar-refractivity contribution in [3.8, 4) is 0 Å². The van der Waals surface area contributed by atoms with Crippen molar-refractivity contribution in [3.63, 3.8) is 0 Å². The van der Waals surface area contributed by atoms with Crippen LogP contribution in [0.3, 0.4) is 0 Å². The lowest BCUT2D eigenvalue weighted by atomic mass is 10.3. The molecular weight excluding hydrogens is 164 g/mol. The molecule has 0 spiro atoms. The molecule has 0 atom stereocenters. The SMILES string of the molecule is SCCOCCOC1COC1. The fourth-order valence-electron chi connectivity index (χ4n) is 0.751. The Bertz CT molecular complexity index is 95.7. The van der Waals surface area contributed by atoms with Gasteiger partial charge < -0.3 is 14.2 Å². The molecule has 1 fully saturated rings. The zero-order chi connectivity index (χ0) is 7.94. The van der Waals surface area contributed by atoms with Gasteiger partial charge in [0.25, 0.3) is 0 Å². The van der Waals surface area contributed by atoms with Crippen molar-refractivity contribution in [3.05, 3.63) is 0 Å². The minimum Gasteiger partial charge on any atom is -0.378 e. The number of hydrogen-bond donors (Lipinski definition) is 1. The van der Waals surface area contributed by atoms with Crippen LogP contribution in [0.25, 0.3) is 0 Å². The van der Waals surface area contributed by atoms with E-state index in [4.69, 9.17) is 14.2 Å². The van der Waals surface area contributed by atoms with Gasteiger partial charge in [0.1, 0.15) is 6.10 Å². The first-order valence-corrected chi connectivity index (χ1v) is 4.44. The highest BCUT2D eigenvalue weighted by Crippen LogP contribution is 2.04. The van der Waals surface area contributed by atoms with E-state index in [9.17, 15) is 0 Å². The number of rotatable bonds is 6. The molecule has 1 aliphatic rings. The first-order chi connectivity index (χ1) is 5.43. The molecule has 0 bridgehead atoms. The van der Waals surface area contributed by atoms with Crippen molar-refractivity contribution in [1.82, 2.24) is 0 Å². The van der Waals surface area contributed by atoms with E-state index < -0.39 is 0 Å². The highest BCUT2D eigenvalue weighted by molar-refractivity contribution is 7.80. The van der Waals surface area contributed by atoms with Crippen molar-refractivity contribution in [2.24, 2.45) is 0 Å². The molecule has 4 heteroatoms. The summed E-state index contributed by atoms with van der Waals surface area (Å²) in [5.74, 6) is 0.770. The van der Waals surface area contributed by atoms with Crippen LogP contribution in [0.15, 0.2) is 0 Å². The molecule has 0 aromatic heterocycles. The highest BCUT2D eigenvalue weighted by atomic mass is 32.1. The molecule has 1 heterocycles. The summed E-state index contributed by atoms with van der Waals surface area (Å²) >= 11 is 4.01. The Morgan fingerprint density at radius 2 is 2.09 bits per heavy atom. The van der Waals surface area contributed by atoms with Crippen molar-refractivity contribution in [2.45, 2.75) is 6.10 Å². The molecule has 1 rings (SSSR count). The molecule has 1 aliphatic heterocycles. The largest absolute Gasteiger partial charge is 0.378 e. The standard InChI is InChI=1S/C7H14O3S/c11-4-3-8-1-2-10-7-5-9-6-7/h7,11H,1-6H2. The highest BCUT2D eigenvalue weighted by Gasteiger charge is 2.17. The van der Waals surface area contributed by atoms with Gasteiger partial charge in [-0.1, -0.05) is 0 Å². The summed E-state index contributed by atoms with van der Waals surface area (Å²) in [6.45, 7) is 3.52. The van der Waals surface area contributed by atoms with Gasteiger partial charge in [0.05, 0.1) is 33.0 Å². The zero-order valence-corrected chi connectivity index (χ0v) is 7.39. The Morgan fingerprint density at radius 3 is 2.64 bits per heavy atom. The van der Waals surface area contributed by atoms with E-state index >= 15 is 0 Å². The second kappa shape index (κ2) is 5.83. The first-order valence-electron chi connectivity index (χ1n) is 3.81. The third-order valence-electron chi connectivity index (χ3n) is 1.42. The average Bonchev–Trinajstić information content (AvgIpc) is 1.93. The zero-order valence-electron chi connectivity index (χ0n) is 6.49. The van der Waals surface area contributed by atoms with Crippen LogP contribution in [0.2, 0.25) is 0 Å². The van der Waals surface area contributed by atoms with Crippen molar-refractivity contribution in [2.75, 3.05) is 38.8 Å². The van der Waals surface area contributed by atoms with Crippen LogP contribution in [0, 0.1) is 0 Å². The van der Waals surface area contributed by atoms with Gasteiger partial charge in [0, 0.05) is 5.75 Å². The summed E-state index contributed by atoms with van der Waals surface area (Å²) < 4.78 is 15.4. The normalized spacial score (nSPS) is 18.3. The van der Waals surface area contributed by atoms with Gasteiger partial charge in [-0.2, -0.15) is 12.6 Å². The molecule has 0 aromatic carbocycles. The topological polar surface area (TPSA) is 27.7 Å². The first kappa shape index (κ1) is 9.32. The lowest BCUT2D eigenvalue weighted by molar-refractivity contribution is -0.136. The van der Waals surface area contributed by atoms with E-state index in [-0.39, 0.29) is 0 Å². The summed E-state index contributed by atoms with van der Waals surface area (Å²) in [6, 6.07) is 0. The molecule has 0 unspecified atom stereocenters. The molecule has 0 saturated carbocycles. The average molecular weight is 178 g/mol. The molecule has 1 saturated heterocycles. The van der Waals surface area contributed by atoms with Gasteiger partial charge in [-0.3, -0.25) is 0 Å². The minimum absolute atomic E-state index is 0.314. The Labute approximate surface area is 72.4 Å². The van der Waals surface area contributed by atoms with Crippen LogP contribution in [0.5, 0.6) is 0 Å².